The van der Waals surface area contributed by atoms with Crippen LogP contribution in [-0.2, 0) is 11.2 Å². The fourth-order valence-electron chi connectivity index (χ4n) is 4.00. The molecule has 0 aliphatic carbocycles. The molecule has 0 bridgehead atoms. The van der Waals surface area contributed by atoms with Crippen LogP contribution >= 0.6 is 11.7 Å². The van der Waals surface area contributed by atoms with Crippen molar-refractivity contribution in [3.05, 3.63) is 76.9 Å². The second-order valence-electron chi connectivity index (χ2n) is 7.89. The third-order valence-corrected chi connectivity index (χ3v) is 6.35. The molecule has 0 saturated carbocycles. The van der Waals surface area contributed by atoms with E-state index in [1.54, 1.807) is 54.6 Å². The zero-order valence-corrected chi connectivity index (χ0v) is 21.4. The Labute approximate surface area is 217 Å². The topological polar surface area (TPSA) is 117 Å². The fraction of sp³-hybridized carbons (Fsp3) is 0.185. The number of carboxylic acid groups (broad SMARTS) is 1. The summed E-state index contributed by atoms with van der Waals surface area (Å²) in [6.45, 7) is 0. The normalized spacial score (nSPS) is 11.6. The van der Waals surface area contributed by atoms with Gasteiger partial charge in [-0.15, -0.1) is 0 Å². The SMILES string of the molecule is COc1ccc(C(=O)/C(Cc2cc(OC)c(OC)c(OC)c2)=C(/C(=O)O)c2ccc3nsnc3c2)cc1. The average molecular weight is 521 g/mol. The Balaban J connectivity index is 1.93. The summed E-state index contributed by atoms with van der Waals surface area (Å²) in [4.78, 5) is 26.5. The molecule has 0 aliphatic rings. The number of aliphatic carboxylic acids is 1. The van der Waals surface area contributed by atoms with Crippen molar-refractivity contribution in [1.29, 1.82) is 0 Å². The first kappa shape index (κ1) is 25.6. The summed E-state index contributed by atoms with van der Waals surface area (Å²) in [5.74, 6) is 0.0596. The van der Waals surface area contributed by atoms with E-state index in [-0.39, 0.29) is 17.6 Å². The molecular formula is C27H24N2O7S. The van der Waals surface area contributed by atoms with Crippen molar-refractivity contribution in [1.82, 2.24) is 8.75 Å². The van der Waals surface area contributed by atoms with Crippen LogP contribution in [0.4, 0.5) is 0 Å². The Morgan fingerprint density at radius 3 is 1.97 bits per heavy atom. The molecule has 0 radical (unpaired) electrons. The van der Waals surface area contributed by atoms with Gasteiger partial charge in [0.15, 0.2) is 17.3 Å². The molecule has 0 aliphatic heterocycles. The van der Waals surface area contributed by atoms with Crippen LogP contribution < -0.4 is 18.9 Å². The lowest BCUT2D eigenvalue weighted by Gasteiger charge is -2.17. The van der Waals surface area contributed by atoms with E-state index in [1.807, 2.05) is 0 Å². The number of rotatable bonds is 10. The fourth-order valence-corrected chi connectivity index (χ4v) is 4.52. The molecule has 190 valence electrons. The van der Waals surface area contributed by atoms with Gasteiger partial charge >= 0.3 is 5.97 Å². The summed E-state index contributed by atoms with van der Waals surface area (Å²) < 4.78 is 29.9. The molecule has 4 aromatic rings. The molecule has 3 aromatic carbocycles. The zero-order chi connectivity index (χ0) is 26.5. The van der Waals surface area contributed by atoms with Crippen molar-refractivity contribution in [3.63, 3.8) is 0 Å². The quantitative estimate of drug-likeness (QED) is 0.235. The first-order valence-corrected chi connectivity index (χ1v) is 11.8. The lowest BCUT2D eigenvalue weighted by Crippen LogP contribution is -2.14. The van der Waals surface area contributed by atoms with Crippen LogP contribution in [0, 0.1) is 0 Å². The summed E-state index contributed by atoms with van der Waals surface area (Å²) >= 11 is 1.03. The first-order chi connectivity index (χ1) is 17.9. The van der Waals surface area contributed by atoms with E-state index in [2.05, 4.69) is 8.75 Å². The number of Topliss-reactive ketones (excluding diaryl/α,β-unsaturated/α-hetero) is 1. The van der Waals surface area contributed by atoms with Gasteiger partial charge in [-0.25, -0.2) is 4.79 Å². The van der Waals surface area contributed by atoms with Crippen LogP contribution in [0.1, 0.15) is 21.5 Å². The van der Waals surface area contributed by atoms with E-state index in [0.29, 0.717) is 50.7 Å². The van der Waals surface area contributed by atoms with Crippen molar-refractivity contribution in [2.24, 2.45) is 0 Å². The van der Waals surface area contributed by atoms with Gasteiger partial charge in [-0.1, -0.05) is 6.07 Å². The standard InChI is InChI=1S/C27H24N2O7S/c1-33-18-8-5-16(6-9-18)25(30)19(11-15-12-22(34-2)26(36-4)23(13-15)35-3)24(27(31)32)17-7-10-20-21(14-17)29-37-28-20/h5-10,12-14H,11H2,1-4H3,(H,31,32)/b24-19+. The number of carbonyl (C=O) groups is 2. The minimum Gasteiger partial charge on any atom is -0.497 e. The van der Waals surface area contributed by atoms with E-state index >= 15 is 0 Å². The monoisotopic (exact) mass is 520 g/mol. The van der Waals surface area contributed by atoms with E-state index in [1.165, 1.54) is 28.4 Å². The van der Waals surface area contributed by atoms with Crippen LogP contribution in [0.5, 0.6) is 23.0 Å². The number of benzene rings is 3. The minimum atomic E-state index is -1.24. The van der Waals surface area contributed by atoms with Crippen molar-refractivity contribution in [2.75, 3.05) is 28.4 Å². The van der Waals surface area contributed by atoms with Crippen molar-refractivity contribution in [3.8, 4) is 23.0 Å². The summed E-state index contributed by atoms with van der Waals surface area (Å²) in [5.41, 5.74) is 2.40. The molecular weight excluding hydrogens is 496 g/mol. The molecule has 37 heavy (non-hydrogen) atoms. The molecule has 0 spiro atoms. The third-order valence-electron chi connectivity index (χ3n) is 5.79. The Bertz CT molecular complexity index is 1470. The van der Waals surface area contributed by atoms with E-state index in [0.717, 1.165) is 11.7 Å². The number of carbonyl (C=O) groups excluding carboxylic acids is 1. The van der Waals surface area contributed by atoms with E-state index in [9.17, 15) is 14.7 Å². The maximum Gasteiger partial charge on any atom is 0.336 e. The number of carboxylic acids is 1. The highest BCUT2D eigenvalue weighted by molar-refractivity contribution is 7.00. The number of methoxy groups -OCH3 is 4. The lowest BCUT2D eigenvalue weighted by atomic mass is 9.89. The minimum absolute atomic E-state index is 0.0173. The predicted octanol–water partition coefficient (Wildman–Crippen LogP) is 4.69. The van der Waals surface area contributed by atoms with Gasteiger partial charge in [-0.05, 0) is 59.7 Å². The molecule has 4 rings (SSSR count). The van der Waals surface area contributed by atoms with Crippen molar-refractivity contribution in [2.45, 2.75) is 6.42 Å². The van der Waals surface area contributed by atoms with Gasteiger partial charge in [0.25, 0.3) is 0 Å². The maximum absolute atomic E-state index is 13.8. The third kappa shape index (κ3) is 5.24. The van der Waals surface area contributed by atoms with Gasteiger partial charge < -0.3 is 24.1 Å². The Kier molecular flexibility index (Phi) is 7.69. The Morgan fingerprint density at radius 1 is 0.784 bits per heavy atom. The molecule has 1 N–H and O–H groups in total. The summed E-state index contributed by atoms with van der Waals surface area (Å²) in [6, 6.07) is 14.8. The van der Waals surface area contributed by atoms with Crippen molar-refractivity contribution >= 4 is 40.1 Å². The van der Waals surface area contributed by atoms with E-state index < -0.39 is 11.8 Å². The van der Waals surface area contributed by atoms with Crippen LogP contribution in [0.25, 0.3) is 16.6 Å². The molecule has 0 unspecified atom stereocenters. The number of hydrogen-bond donors (Lipinski definition) is 1. The van der Waals surface area contributed by atoms with E-state index in [4.69, 9.17) is 18.9 Å². The van der Waals surface area contributed by atoms with Crippen LogP contribution in [-0.4, -0.2) is 54.0 Å². The highest BCUT2D eigenvalue weighted by Gasteiger charge is 2.25. The van der Waals surface area contributed by atoms with Gasteiger partial charge in [0, 0.05) is 17.6 Å². The summed E-state index contributed by atoms with van der Waals surface area (Å²) in [7, 11) is 5.99. The number of aromatic nitrogens is 2. The highest BCUT2D eigenvalue weighted by Crippen LogP contribution is 2.39. The molecule has 10 heteroatoms. The second-order valence-corrected chi connectivity index (χ2v) is 8.42. The number of nitrogens with zero attached hydrogens (tertiary/aromatic N) is 2. The molecule has 0 atom stereocenters. The number of hydrogen-bond acceptors (Lipinski definition) is 9. The zero-order valence-electron chi connectivity index (χ0n) is 20.6. The highest BCUT2D eigenvalue weighted by atomic mass is 32.1. The molecule has 1 heterocycles. The van der Waals surface area contributed by atoms with Gasteiger partial charge in [0.05, 0.1) is 45.7 Å². The Hall–Kier alpha value is -4.44. The molecule has 0 fully saturated rings. The number of ketones is 1. The smallest absolute Gasteiger partial charge is 0.336 e. The molecule has 0 saturated heterocycles. The predicted molar refractivity (Wildman–Crippen MR) is 139 cm³/mol. The lowest BCUT2D eigenvalue weighted by molar-refractivity contribution is -0.130. The van der Waals surface area contributed by atoms with Gasteiger partial charge in [-0.2, -0.15) is 8.75 Å². The molecule has 1 aromatic heterocycles. The largest absolute Gasteiger partial charge is 0.497 e. The van der Waals surface area contributed by atoms with Crippen molar-refractivity contribution < 1.29 is 33.6 Å². The van der Waals surface area contributed by atoms with Gasteiger partial charge in [0.2, 0.25) is 5.75 Å². The van der Waals surface area contributed by atoms with Gasteiger partial charge in [0.1, 0.15) is 16.8 Å². The number of allylic oxidation sites excluding steroid dienone is 1. The summed E-state index contributed by atoms with van der Waals surface area (Å²) in [5, 5.41) is 10.3. The van der Waals surface area contributed by atoms with Gasteiger partial charge in [-0.3, -0.25) is 4.79 Å². The van der Waals surface area contributed by atoms with Crippen LogP contribution in [0.3, 0.4) is 0 Å². The van der Waals surface area contributed by atoms with Crippen LogP contribution in [0.15, 0.2) is 60.2 Å². The Morgan fingerprint density at radius 2 is 1.41 bits per heavy atom. The first-order valence-electron chi connectivity index (χ1n) is 11.1. The number of fused-ring (bicyclic) bond motifs is 1. The molecule has 0 amide bonds. The number of ether oxygens (including phenoxy) is 4. The maximum atomic E-state index is 13.8. The summed E-state index contributed by atoms with van der Waals surface area (Å²) in [6.07, 6.45) is -0.0173. The van der Waals surface area contributed by atoms with Crippen LogP contribution in [0.2, 0.25) is 0 Å². The molecule has 9 nitrogen and oxygen atoms in total. The average Bonchev–Trinajstić information content (AvgIpc) is 3.39. The second kappa shape index (κ2) is 11.1.